The van der Waals surface area contributed by atoms with Crippen LogP contribution in [0.25, 0.3) is 5.69 Å². The van der Waals surface area contributed by atoms with Gasteiger partial charge in [0.15, 0.2) is 0 Å². The predicted octanol–water partition coefficient (Wildman–Crippen LogP) is 3.49. The molecule has 0 unspecified atom stereocenters. The van der Waals surface area contributed by atoms with Gasteiger partial charge in [0.25, 0.3) is 5.91 Å². The Bertz CT molecular complexity index is 1060. The molecule has 4 rings (SSSR count). The van der Waals surface area contributed by atoms with Crippen molar-refractivity contribution in [1.29, 1.82) is 0 Å². The topological polar surface area (TPSA) is 77.3 Å². The summed E-state index contributed by atoms with van der Waals surface area (Å²) in [4.78, 5) is 30.9. The maximum Gasteiger partial charge on any atom is 0.326 e. The first-order valence-corrected chi connectivity index (χ1v) is 9.83. The number of rotatable bonds is 7. The zero-order valence-electron chi connectivity index (χ0n) is 16.5. The molecule has 1 heterocycles. The highest BCUT2D eigenvalue weighted by atomic mass is 19.1. The summed E-state index contributed by atoms with van der Waals surface area (Å²) in [5.41, 5.74) is 0.758. The van der Waals surface area contributed by atoms with E-state index in [-0.39, 0.29) is 24.0 Å². The molecule has 2 aromatic carbocycles. The molecule has 0 saturated heterocycles. The molecule has 0 radical (unpaired) electrons. The Morgan fingerprint density at radius 3 is 2.50 bits per heavy atom. The zero-order chi connectivity index (χ0) is 21.1. The van der Waals surface area contributed by atoms with Crippen LogP contribution in [0.1, 0.15) is 42.1 Å². The number of nitrogens with zero attached hydrogens (tertiary/aromatic N) is 4. The summed E-state index contributed by atoms with van der Waals surface area (Å²) in [5.74, 6) is -1.10. The number of hydrogen-bond acceptors (Lipinski definition) is 5. The van der Waals surface area contributed by atoms with Crippen LogP contribution in [0.15, 0.2) is 54.6 Å². The average Bonchev–Trinajstić information content (AvgIpc) is 3.51. The second-order valence-corrected chi connectivity index (χ2v) is 6.96. The normalized spacial score (nSPS) is 13.1. The van der Waals surface area contributed by atoms with Gasteiger partial charge in [-0.3, -0.25) is 14.5 Å². The van der Waals surface area contributed by atoms with Crippen molar-refractivity contribution in [3.8, 4) is 5.69 Å². The number of benzene rings is 2. The lowest BCUT2D eigenvalue weighted by Crippen LogP contribution is -2.38. The number of anilines is 1. The van der Waals surface area contributed by atoms with E-state index in [1.807, 2.05) is 30.3 Å². The summed E-state index contributed by atoms with van der Waals surface area (Å²) in [6.07, 6.45) is 1.94. The molecule has 1 amide bonds. The van der Waals surface area contributed by atoms with Crippen molar-refractivity contribution in [2.45, 2.75) is 25.7 Å². The predicted molar refractivity (Wildman–Crippen MR) is 108 cm³/mol. The number of carbonyl (C=O) groups excluding carboxylic acids is 2. The molecule has 0 spiro atoms. The first kappa shape index (κ1) is 19.8. The standard InChI is InChI=1S/C22H21FN4O3/c1-2-30-19(28)14-26(18-11-7-6-10-17(18)23)22(29)20-24-21(15-12-13-15)27(25-20)16-8-4-3-5-9-16/h3-11,15H,2,12-14H2,1H3. The maximum atomic E-state index is 14.4. The number of amides is 1. The van der Waals surface area contributed by atoms with Crippen molar-refractivity contribution in [2.75, 3.05) is 18.1 Å². The quantitative estimate of drug-likeness (QED) is 0.559. The minimum atomic E-state index is -0.662. The fourth-order valence-corrected chi connectivity index (χ4v) is 3.17. The minimum absolute atomic E-state index is 0.0282. The highest BCUT2D eigenvalue weighted by Gasteiger charge is 2.33. The van der Waals surface area contributed by atoms with Crippen LogP contribution in [0, 0.1) is 5.82 Å². The van der Waals surface area contributed by atoms with Crippen LogP contribution >= 0.6 is 0 Å². The zero-order valence-corrected chi connectivity index (χ0v) is 16.5. The van der Waals surface area contributed by atoms with E-state index in [4.69, 9.17) is 4.74 Å². The number of hydrogen-bond donors (Lipinski definition) is 0. The Hall–Kier alpha value is -3.55. The van der Waals surface area contributed by atoms with Crippen LogP contribution in [0.2, 0.25) is 0 Å². The molecule has 0 aliphatic heterocycles. The molecule has 3 aromatic rings. The smallest absolute Gasteiger partial charge is 0.326 e. The number of para-hydroxylation sites is 2. The molecule has 1 aromatic heterocycles. The van der Waals surface area contributed by atoms with Crippen LogP contribution in [0.3, 0.4) is 0 Å². The van der Waals surface area contributed by atoms with E-state index in [2.05, 4.69) is 10.1 Å². The van der Waals surface area contributed by atoms with Crippen LogP contribution in [-0.4, -0.2) is 39.8 Å². The number of ether oxygens (including phenoxy) is 1. The molecule has 0 atom stereocenters. The van der Waals surface area contributed by atoms with Crippen molar-refractivity contribution >= 4 is 17.6 Å². The lowest BCUT2D eigenvalue weighted by atomic mass is 10.2. The van der Waals surface area contributed by atoms with Crippen LogP contribution < -0.4 is 4.90 Å². The van der Waals surface area contributed by atoms with Crippen molar-refractivity contribution in [2.24, 2.45) is 0 Å². The lowest BCUT2D eigenvalue weighted by Gasteiger charge is -2.20. The molecule has 1 aliphatic rings. The number of halogens is 1. The molecule has 154 valence electrons. The van der Waals surface area contributed by atoms with E-state index in [0.29, 0.717) is 5.82 Å². The van der Waals surface area contributed by atoms with Crippen LogP contribution in [0.5, 0.6) is 0 Å². The van der Waals surface area contributed by atoms with Crippen LogP contribution in [-0.2, 0) is 9.53 Å². The van der Waals surface area contributed by atoms with Crippen molar-refractivity contribution in [1.82, 2.24) is 14.8 Å². The summed E-state index contributed by atoms with van der Waals surface area (Å²) in [6, 6.07) is 15.2. The van der Waals surface area contributed by atoms with Gasteiger partial charge in [0.2, 0.25) is 5.82 Å². The van der Waals surface area contributed by atoms with Gasteiger partial charge in [-0.25, -0.2) is 14.1 Å². The third-order valence-corrected chi connectivity index (χ3v) is 4.75. The Labute approximate surface area is 173 Å². The number of esters is 1. The summed E-state index contributed by atoms with van der Waals surface area (Å²) >= 11 is 0. The Balaban J connectivity index is 1.73. The Morgan fingerprint density at radius 1 is 1.13 bits per heavy atom. The van der Waals surface area contributed by atoms with E-state index in [9.17, 15) is 14.0 Å². The summed E-state index contributed by atoms with van der Waals surface area (Å²) < 4.78 is 21.1. The minimum Gasteiger partial charge on any atom is -0.465 e. The molecule has 0 bridgehead atoms. The second kappa shape index (κ2) is 8.44. The van der Waals surface area contributed by atoms with E-state index >= 15 is 0 Å². The molecule has 7 nitrogen and oxygen atoms in total. The first-order valence-electron chi connectivity index (χ1n) is 9.83. The van der Waals surface area contributed by atoms with Gasteiger partial charge in [0.05, 0.1) is 18.0 Å². The average molecular weight is 408 g/mol. The monoisotopic (exact) mass is 408 g/mol. The first-order chi connectivity index (χ1) is 14.6. The Kier molecular flexibility index (Phi) is 5.56. The van der Waals surface area contributed by atoms with Gasteiger partial charge in [-0.2, -0.15) is 0 Å². The van der Waals surface area contributed by atoms with Gasteiger partial charge >= 0.3 is 5.97 Å². The molecular weight excluding hydrogens is 387 g/mol. The van der Waals surface area contributed by atoms with Crippen molar-refractivity contribution < 1.29 is 18.7 Å². The third kappa shape index (κ3) is 4.07. The SMILES string of the molecule is CCOC(=O)CN(C(=O)c1nc(C2CC2)n(-c2ccccc2)n1)c1ccccc1F. The van der Waals surface area contributed by atoms with Gasteiger partial charge in [-0.05, 0) is 44.0 Å². The van der Waals surface area contributed by atoms with Gasteiger partial charge in [-0.15, -0.1) is 5.10 Å². The van der Waals surface area contributed by atoms with Crippen molar-refractivity contribution in [3.05, 3.63) is 72.1 Å². The fourth-order valence-electron chi connectivity index (χ4n) is 3.17. The number of aromatic nitrogens is 3. The van der Waals surface area contributed by atoms with Gasteiger partial charge < -0.3 is 4.74 Å². The van der Waals surface area contributed by atoms with Gasteiger partial charge in [-0.1, -0.05) is 30.3 Å². The third-order valence-electron chi connectivity index (χ3n) is 4.75. The Morgan fingerprint density at radius 2 is 1.83 bits per heavy atom. The second-order valence-electron chi connectivity index (χ2n) is 6.96. The molecule has 0 N–H and O–H groups in total. The highest BCUT2D eigenvalue weighted by molar-refractivity contribution is 6.06. The molecule has 8 heteroatoms. The summed E-state index contributed by atoms with van der Waals surface area (Å²) in [7, 11) is 0. The van der Waals surface area contributed by atoms with E-state index in [1.54, 1.807) is 17.7 Å². The number of carbonyl (C=O) groups is 2. The summed E-state index contributed by atoms with van der Waals surface area (Å²) in [6.45, 7) is 1.38. The molecule has 1 saturated carbocycles. The molecule has 30 heavy (non-hydrogen) atoms. The fraction of sp³-hybridized carbons (Fsp3) is 0.273. The van der Waals surface area contributed by atoms with Gasteiger partial charge in [0, 0.05) is 5.92 Å². The van der Waals surface area contributed by atoms with Gasteiger partial charge in [0.1, 0.15) is 18.2 Å². The van der Waals surface area contributed by atoms with E-state index in [0.717, 1.165) is 23.4 Å². The molecule has 1 fully saturated rings. The van der Waals surface area contributed by atoms with E-state index < -0.39 is 24.2 Å². The maximum absolute atomic E-state index is 14.4. The highest BCUT2D eigenvalue weighted by Crippen LogP contribution is 2.39. The van der Waals surface area contributed by atoms with Crippen molar-refractivity contribution in [3.63, 3.8) is 0 Å². The lowest BCUT2D eigenvalue weighted by molar-refractivity contribution is -0.141. The summed E-state index contributed by atoms with van der Waals surface area (Å²) in [5, 5.41) is 4.41. The largest absolute Gasteiger partial charge is 0.465 e. The van der Waals surface area contributed by atoms with E-state index in [1.165, 1.54) is 18.2 Å². The molecular formula is C22H21FN4O3. The van der Waals surface area contributed by atoms with Crippen LogP contribution in [0.4, 0.5) is 10.1 Å². The molecule has 1 aliphatic carbocycles.